The van der Waals surface area contributed by atoms with E-state index in [1.807, 2.05) is 6.07 Å². The van der Waals surface area contributed by atoms with Gasteiger partial charge in [0.2, 0.25) is 0 Å². The minimum absolute atomic E-state index is 0.131. The lowest BCUT2D eigenvalue weighted by atomic mass is 9.75. The van der Waals surface area contributed by atoms with E-state index < -0.39 is 11.8 Å². The van der Waals surface area contributed by atoms with E-state index >= 15 is 0 Å². The van der Waals surface area contributed by atoms with Crippen molar-refractivity contribution in [1.82, 2.24) is 0 Å². The van der Waals surface area contributed by atoms with Gasteiger partial charge in [-0.05, 0) is 30.6 Å². The van der Waals surface area contributed by atoms with E-state index in [0.717, 1.165) is 12.8 Å². The van der Waals surface area contributed by atoms with Gasteiger partial charge in [-0.25, -0.2) is 4.79 Å². The van der Waals surface area contributed by atoms with E-state index in [2.05, 4.69) is 20.8 Å². The first-order chi connectivity index (χ1) is 9.99. The summed E-state index contributed by atoms with van der Waals surface area (Å²) in [4.78, 5) is 24.2. The van der Waals surface area contributed by atoms with Gasteiger partial charge in [-0.15, -0.1) is 0 Å². The average Bonchev–Trinajstić information content (AvgIpc) is 2.47. The number of Topliss-reactive ketones (excluding diaryl/α,β-unsaturated/α-hetero) is 1. The van der Waals surface area contributed by atoms with E-state index in [1.54, 1.807) is 24.3 Å². The third-order valence-electron chi connectivity index (χ3n) is 4.44. The highest BCUT2D eigenvalue weighted by molar-refractivity contribution is 6.40. The third-order valence-corrected chi connectivity index (χ3v) is 4.44. The van der Waals surface area contributed by atoms with Crippen LogP contribution in [0, 0.1) is 17.8 Å². The smallest absolute Gasteiger partial charge is 0.379 e. The van der Waals surface area contributed by atoms with Gasteiger partial charge in [0.1, 0.15) is 6.10 Å². The molecule has 0 bridgehead atoms. The van der Waals surface area contributed by atoms with Crippen LogP contribution in [0.4, 0.5) is 0 Å². The lowest BCUT2D eigenvalue weighted by molar-refractivity contribution is -0.149. The highest BCUT2D eigenvalue weighted by Crippen LogP contribution is 2.35. The van der Waals surface area contributed by atoms with Gasteiger partial charge in [-0.2, -0.15) is 0 Å². The molecule has 1 saturated carbocycles. The summed E-state index contributed by atoms with van der Waals surface area (Å²) < 4.78 is 5.56. The molecule has 1 aliphatic carbocycles. The van der Waals surface area contributed by atoms with Gasteiger partial charge in [-0.1, -0.05) is 57.5 Å². The zero-order valence-corrected chi connectivity index (χ0v) is 13.0. The predicted octanol–water partition coefficient (Wildman–Crippen LogP) is 3.87. The van der Waals surface area contributed by atoms with E-state index in [4.69, 9.17) is 4.74 Å². The maximum Gasteiger partial charge on any atom is 0.379 e. The molecule has 21 heavy (non-hydrogen) atoms. The summed E-state index contributed by atoms with van der Waals surface area (Å²) in [6.07, 6.45) is 2.96. The summed E-state index contributed by atoms with van der Waals surface area (Å²) >= 11 is 0. The third kappa shape index (κ3) is 3.93. The van der Waals surface area contributed by atoms with Crippen molar-refractivity contribution >= 4 is 11.8 Å². The Morgan fingerprint density at radius 3 is 2.43 bits per heavy atom. The van der Waals surface area contributed by atoms with Crippen LogP contribution in [0.1, 0.15) is 50.4 Å². The number of hydrogen-bond donors (Lipinski definition) is 0. The molecule has 0 aliphatic heterocycles. The summed E-state index contributed by atoms with van der Waals surface area (Å²) in [5.41, 5.74) is 0.396. The second kappa shape index (κ2) is 6.88. The van der Waals surface area contributed by atoms with Crippen molar-refractivity contribution in [2.75, 3.05) is 0 Å². The number of carbonyl (C=O) groups excluding carboxylic acids is 2. The molecule has 0 unspecified atom stereocenters. The quantitative estimate of drug-likeness (QED) is 0.480. The molecule has 2 rings (SSSR count). The number of ketones is 1. The molecule has 0 heterocycles. The molecule has 0 N–H and O–H groups in total. The zero-order chi connectivity index (χ0) is 15.4. The van der Waals surface area contributed by atoms with E-state index in [-0.39, 0.29) is 6.10 Å². The molecular formula is C18H24O3. The normalized spacial score (nSPS) is 25.6. The molecule has 0 saturated heterocycles. The minimum atomic E-state index is -0.717. The second-order valence-corrected chi connectivity index (χ2v) is 6.47. The van der Waals surface area contributed by atoms with Crippen molar-refractivity contribution < 1.29 is 14.3 Å². The molecule has 0 spiro atoms. The van der Waals surface area contributed by atoms with E-state index in [9.17, 15) is 9.59 Å². The predicted molar refractivity (Wildman–Crippen MR) is 82.0 cm³/mol. The Morgan fingerprint density at radius 2 is 1.81 bits per heavy atom. The van der Waals surface area contributed by atoms with Gasteiger partial charge in [0.25, 0.3) is 5.78 Å². The van der Waals surface area contributed by atoms with Crippen LogP contribution < -0.4 is 0 Å². The summed E-state index contributed by atoms with van der Waals surface area (Å²) in [6, 6.07) is 8.61. The van der Waals surface area contributed by atoms with Crippen LogP contribution in [0.15, 0.2) is 30.3 Å². The fraction of sp³-hybridized carbons (Fsp3) is 0.556. The van der Waals surface area contributed by atoms with Crippen LogP contribution in [-0.4, -0.2) is 17.9 Å². The molecule has 3 atom stereocenters. The number of benzene rings is 1. The fourth-order valence-electron chi connectivity index (χ4n) is 3.15. The summed E-state index contributed by atoms with van der Waals surface area (Å²) in [5, 5.41) is 0. The van der Waals surface area contributed by atoms with Gasteiger partial charge < -0.3 is 4.74 Å². The van der Waals surface area contributed by atoms with Crippen molar-refractivity contribution in [3.05, 3.63) is 35.9 Å². The molecule has 0 aromatic heterocycles. The molecule has 0 amide bonds. The first-order valence-electron chi connectivity index (χ1n) is 7.79. The Morgan fingerprint density at radius 1 is 1.14 bits per heavy atom. The summed E-state index contributed by atoms with van der Waals surface area (Å²) in [5.74, 6) is 0.0998. The molecule has 0 radical (unpaired) electrons. The summed E-state index contributed by atoms with van der Waals surface area (Å²) in [6.45, 7) is 6.48. The van der Waals surface area contributed by atoms with Crippen LogP contribution in [0.3, 0.4) is 0 Å². The largest absolute Gasteiger partial charge is 0.456 e. The standard InChI is InChI=1S/C18H24O3/c1-12(2)15-10-9-13(3)11-16(15)21-18(20)17(19)14-7-5-4-6-8-14/h4-8,12-13,15-16H,9-11H2,1-3H3/t13-,15-,16-/m1/s1. The number of carbonyl (C=O) groups is 2. The highest BCUT2D eigenvalue weighted by Gasteiger charge is 2.34. The number of ether oxygens (including phenoxy) is 1. The Kier molecular flexibility index (Phi) is 5.16. The number of esters is 1. The van der Waals surface area contributed by atoms with Crippen LogP contribution in [0.25, 0.3) is 0 Å². The molecule has 1 fully saturated rings. The van der Waals surface area contributed by atoms with Crippen LogP contribution in [0.2, 0.25) is 0 Å². The van der Waals surface area contributed by atoms with Crippen LogP contribution >= 0.6 is 0 Å². The van der Waals surface area contributed by atoms with Gasteiger partial charge in [0.05, 0.1) is 0 Å². The highest BCUT2D eigenvalue weighted by atomic mass is 16.5. The lowest BCUT2D eigenvalue weighted by Crippen LogP contribution is -2.37. The van der Waals surface area contributed by atoms with Crippen molar-refractivity contribution in [1.29, 1.82) is 0 Å². The Labute approximate surface area is 126 Å². The molecule has 3 nitrogen and oxygen atoms in total. The maximum atomic E-state index is 12.1. The van der Waals surface area contributed by atoms with Crippen LogP contribution in [-0.2, 0) is 9.53 Å². The van der Waals surface area contributed by atoms with Gasteiger partial charge in [0.15, 0.2) is 0 Å². The van der Waals surface area contributed by atoms with Crippen molar-refractivity contribution in [3.63, 3.8) is 0 Å². The molecule has 114 valence electrons. The first-order valence-corrected chi connectivity index (χ1v) is 7.79. The molecule has 1 aromatic carbocycles. The average molecular weight is 288 g/mol. The van der Waals surface area contributed by atoms with Gasteiger partial charge in [-0.3, -0.25) is 4.79 Å². The topological polar surface area (TPSA) is 43.4 Å². The molecule has 1 aromatic rings. The summed E-state index contributed by atoms with van der Waals surface area (Å²) in [7, 11) is 0. The van der Waals surface area contributed by atoms with E-state index in [1.165, 1.54) is 6.42 Å². The number of hydrogen-bond acceptors (Lipinski definition) is 3. The maximum absolute atomic E-state index is 12.1. The fourth-order valence-corrected chi connectivity index (χ4v) is 3.15. The van der Waals surface area contributed by atoms with Gasteiger partial charge >= 0.3 is 5.97 Å². The van der Waals surface area contributed by atoms with Gasteiger partial charge in [0, 0.05) is 5.56 Å². The lowest BCUT2D eigenvalue weighted by Gasteiger charge is -2.36. The Bertz CT molecular complexity index is 492. The minimum Gasteiger partial charge on any atom is -0.456 e. The van der Waals surface area contributed by atoms with Crippen molar-refractivity contribution in [2.45, 2.75) is 46.1 Å². The van der Waals surface area contributed by atoms with E-state index in [0.29, 0.717) is 23.3 Å². The Hall–Kier alpha value is -1.64. The zero-order valence-electron chi connectivity index (χ0n) is 13.0. The van der Waals surface area contributed by atoms with Crippen molar-refractivity contribution in [2.24, 2.45) is 17.8 Å². The molecule has 1 aliphatic rings. The van der Waals surface area contributed by atoms with Crippen LogP contribution in [0.5, 0.6) is 0 Å². The SMILES string of the molecule is CC(C)[C@H]1CC[C@@H](C)C[C@H]1OC(=O)C(=O)c1ccccc1. The monoisotopic (exact) mass is 288 g/mol. The second-order valence-electron chi connectivity index (χ2n) is 6.47. The Balaban J connectivity index is 2.04. The first kappa shape index (κ1) is 15.7. The number of rotatable bonds is 4. The van der Waals surface area contributed by atoms with Crippen molar-refractivity contribution in [3.8, 4) is 0 Å². The molecule has 3 heteroatoms. The molecular weight excluding hydrogens is 264 g/mol.